The smallest absolute Gasteiger partial charge is 0.220 e. The Labute approximate surface area is 586 Å². The Morgan fingerprint density at radius 1 is 0.319 bits per heavy atom. The molecule has 0 spiro atoms. The fourth-order valence-electron chi connectivity index (χ4n) is 14.8. The molecule has 1 heterocycles. The maximum atomic E-state index is 13.2. The van der Waals surface area contributed by atoms with Gasteiger partial charge in [-0.2, -0.15) is 0 Å². The molecule has 562 valence electrons. The van der Waals surface area contributed by atoms with Gasteiger partial charge in [0.25, 0.3) is 0 Å². The molecule has 1 aliphatic heterocycles. The maximum absolute atomic E-state index is 13.2. The molecule has 0 aromatic carbocycles. The van der Waals surface area contributed by atoms with Crippen LogP contribution in [0.4, 0.5) is 0 Å². The molecule has 0 saturated carbocycles. The van der Waals surface area contributed by atoms with Gasteiger partial charge >= 0.3 is 0 Å². The van der Waals surface area contributed by atoms with Gasteiger partial charge in [-0.15, -0.1) is 0 Å². The van der Waals surface area contributed by atoms with E-state index in [-0.39, 0.29) is 12.5 Å². The molecule has 1 fully saturated rings. The molecular weight excluding hydrogens is 1160 g/mol. The van der Waals surface area contributed by atoms with Gasteiger partial charge in [0, 0.05) is 6.42 Å². The van der Waals surface area contributed by atoms with Crippen LogP contribution >= 0.6 is 0 Å². The molecule has 0 aromatic heterocycles. The Balaban J connectivity index is 2.00. The van der Waals surface area contributed by atoms with Crippen LogP contribution in [0.1, 0.15) is 483 Å². The van der Waals surface area contributed by atoms with Gasteiger partial charge in [0.1, 0.15) is 24.4 Å². The summed E-state index contributed by atoms with van der Waals surface area (Å²) >= 11 is 0. The van der Waals surface area contributed by atoms with Gasteiger partial charge in [-0.3, -0.25) is 4.79 Å². The van der Waals surface area contributed by atoms with Gasteiger partial charge in [-0.05, 0) is 12.8 Å². The lowest BCUT2D eigenvalue weighted by molar-refractivity contribution is -0.302. The van der Waals surface area contributed by atoms with Crippen molar-refractivity contribution in [3.05, 3.63) is 0 Å². The van der Waals surface area contributed by atoms with Gasteiger partial charge in [-0.25, -0.2) is 0 Å². The number of nitrogens with one attached hydrogen (secondary N) is 1. The molecule has 1 saturated heterocycles. The molecule has 7 unspecified atom stereocenters. The second-order valence-electron chi connectivity index (χ2n) is 30.7. The standard InChI is InChI=1S/C85H169NO8/c1-3-5-7-9-11-13-15-17-19-21-23-25-27-29-31-33-35-36-37-38-39-40-41-42-43-45-47-49-51-53-55-57-59-61-63-65-67-69-71-73-75-81(89)86-78(77-93-85-84(92)83(91)82(90)80(76-87)94-85)79(88)74-72-70-68-66-64-62-60-58-56-54-52-50-48-46-44-34-32-30-28-26-24-22-20-18-16-14-12-10-8-6-4-2/h78-80,82-85,87-88,90-92H,3-77H2,1-2H3,(H,86,89). The minimum absolute atomic E-state index is 0.130. The van der Waals surface area contributed by atoms with Gasteiger partial charge < -0.3 is 40.3 Å². The molecular formula is C85H169NO8. The molecule has 9 heteroatoms. The van der Waals surface area contributed by atoms with E-state index in [1.165, 1.54) is 417 Å². The van der Waals surface area contributed by atoms with E-state index >= 15 is 0 Å². The molecule has 1 rings (SSSR count). The summed E-state index contributed by atoms with van der Waals surface area (Å²) in [5, 5.41) is 55.2. The lowest BCUT2D eigenvalue weighted by atomic mass is 9.99. The summed E-state index contributed by atoms with van der Waals surface area (Å²) in [6, 6.07) is -0.717. The summed E-state index contributed by atoms with van der Waals surface area (Å²) in [5.74, 6) is -0.131. The minimum atomic E-state index is -1.55. The third kappa shape index (κ3) is 62.2. The van der Waals surface area contributed by atoms with E-state index in [1.807, 2.05) is 0 Å². The fourth-order valence-corrected chi connectivity index (χ4v) is 14.8. The number of aliphatic hydroxyl groups is 5. The first-order valence-corrected chi connectivity index (χ1v) is 43.2. The van der Waals surface area contributed by atoms with Gasteiger partial charge in [0.05, 0.1) is 25.4 Å². The highest BCUT2D eigenvalue weighted by Crippen LogP contribution is 2.25. The van der Waals surface area contributed by atoms with E-state index in [4.69, 9.17) is 9.47 Å². The number of hydrogen-bond donors (Lipinski definition) is 6. The van der Waals surface area contributed by atoms with Crippen LogP contribution in [0.3, 0.4) is 0 Å². The lowest BCUT2D eigenvalue weighted by Crippen LogP contribution is -2.60. The topological polar surface area (TPSA) is 149 Å². The van der Waals surface area contributed by atoms with Crippen LogP contribution in [0, 0.1) is 0 Å². The zero-order valence-corrected chi connectivity index (χ0v) is 63.5. The Bertz CT molecular complexity index is 1450. The SMILES string of the molecule is CCCCCCCCCCCCCCCCCCCCCCCCCCCCCCCCCCCCCCCCCCC(=O)NC(COC1OC(CO)C(O)C(O)C1O)C(O)CCCCCCCCCCCCCCCCCCCCCCCCCCCCCCCCC. The molecule has 0 aliphatic carbocycles. The van der Waals surface area contributed by atoms with Crippen molar-refractivity contribution in [2.45, 2.75) is 525 Å². The summed E-state index contributed by atoms with van der Waals surface area (Å²) in [4.78, 5) is 13.2. The van der Waals surface area contributed by atoms with Gasteiger partial charge in [-0.1, -0.05) is 463 Å². The highest BCUT2D eigenvalue weighted by molar-refractivity contribution is 5.76. The number of unbranched alkanes of at least 4 members (excludes halogenated alkanes) is 69. The Morgan fingerprint density at radius 3 is 0.755 bits per heavy atom. The highest BCUT2D eigenvalue weighted by Gasteiger charge is 2.44. The van der Waals surface area contributed by atoms with Crippen LogP contribution in [-0.2, 0) is 14.3 Å². The van der Waals surface area contributed by atoms with Gasteiger partial charge in [0.2, 0.25) is 5.91 Å². The van der Waals surface area contributed by atoms with E-state index < -0.39 is 49.5 Å². The normalized spacial score (nSPS) is 17.4. The average Bonchev–Trinajstić information content (AvgIpc) is 0.829. The van der Waals surface area contributed by atoms with Gasteiger partial charge in [0.15, 0.2) is 6.29 Å². The molecule has 94 heavy (non-hydrogen) atoms. The first-order chi connectivity index (χ1) is 46.3. The lowest BCUT2D eigenvalue weighted by Gasteiger charge is -2.40. The van der Waals surface area contributed by atoms with Crippen LogP contribution in [0.15, 0.2) is 0 Å². The van der Waals surface area contributed by atoms with E-state index in [2.05, 4.69) is 19.2 Å². The van der Waals surface area contributed by atoms with E-state index in [1.54, 1.807) is 0 Å². The maximum Gasteiger partial charge on any atom is 0.220 e. The van der Waals surface area contributed by atoms with Crippen molar-refractivity contribution in [1.82, 2.24) is 5.32 Å². The molecule has 1 amide bonds. The Kier molecular flexibility index (Phi) is 72.6. The predicted octanol–water partition coefficient (Wildman–Crippen LogP) is 25.2. The van der Waals surface area contributed by atoms with E-state index in [0.29, 0.717) is 12.8 Å². The zero-order valence-electron chi connectivity index (χ0n) is 63.5. The van der Waals surface area contributed by atoms with Crippen LogP contribution in [-0.4, -0.2) is 87.5 Å². The summed E-state index contributed by atoms with van der Waals surface area (Å²) < 4.78 is 11.4. The molecule has 1 aliphatic rings. The minimum Gasteiger partial charge on any atom is -0.394 e. The first kappa shape index (κ1) is 91.2. The van der Waals surface area contributed by atoms with Crippen molar-refractivity contribution in [2.75, 3.05) is 13.2 Å². The van der Waals surface area contributed by atoms with Crippen LogP contribution < -0.4 is 5.32 Å². The molecule has 6 N–H and O–H groups in total. The summed E-state index contributed by atoms with van der Waals surface area (Å²) in [6.45, 7) is 3.93. The molecule has 0 radical (unpaired) electrons. The van der Waals surface area contributed by atoms with Crippen LogP contribution in [0.2, 0.25) is 0 Å². The van der Waals surface area contributed by atoms with Crippen molar-refractivity contribution in [1.29, 1.82) is 0 Å². The molecule has 0 bridgehead atoms. The zero-order chi connectivity index (χ0) is 67.8. The molecule has 0 aromatic rings. The number of carbonyl (C=O) groups excluding carboxylic acids is 1. The Morgan fingerprint density at radius 2 is 0.532 bits per heavy atom. The van der Waals surface area contributed by atoms with Crippen LogP contribution in [0.25, 0.3) is 0 Å². The summed E-state index contributed by atoms with van der Waals surface area (Å²) in [7, 11) is 0. The average molecular weight is 1330 g/mol. The number of rotatable bonds is 79. The fraction of sp³-hybridized carbons (Fsp3) is 0.988. The van der Waals surface area contributed by atoms with Crippen molar-refractivity contribution < 1.29 is 39.8 Å². The largest absolute Gasteiger partial charge is 0.394 e. The monoisotopic (exact) mass is 1330 g/mol. The number of carbonyl (C=O) groups is 1. The highest BCUT2D eigenvalue weighted by atomic mass is 16.7. The summed E-state index contributed by atoms with van der Waals surface area (Å²) in [6.07, 6.45) is 91.1. The van der Waals surface area contributed by atoms with Crippen LogP contribution in [0.5, 0.6) is 0 Å². The first-order valence-electron chi connectivity index (χ1n) is 43.2. The Hall–Kier alpha value is -0.810. The van der Waals surface area contributed by atoms with Crippen molar-refractivity contribution >= 4 is 5.91 Å². The third-order valence-electron chi connectivity index (χ3n) is 21.5. The quantitative estimate of drug-likeness (QED) is 0.0330. The van der Waals surface area contributed by atoms with Crippen molar-refractivity contribution in [3.8, 4) is 0 Å². The van der Waals surface area contributed by atoms with Crippen molar-refractivity contribution in [2.24, 2.45) is 0 Å². The van der Waals surface area contributed by atoms with E-state index in [9.17, 15) is 30.3 Å². The summed E-state index contributed by atoms with van der Waals surface area (Å²) in [5.41, 5.74) is 0. The third-order valence-corrected chi connectivity index (χ3v) is 21.5. The van der Waals surface area contributed by atoms with Crippen molar-refractivity contribution in [3.63, 3.8) is 0 Å². The number of aliphatic hydroxyl groups excluding tert-OH is 5. The molecule has 9 nitrogen and oxygen atoms in total. The van der Waals surface area contributed by atoms with E-state index in [0.717, 1.165) is 38.5 Å². The number of hydrogen-bond acceptors (Lipinski definition) is 8. The number of ether oxygens (including phenoxy) is 2. The second-order valence-corrected chi connectivity index (χ2v) is 30.7. The second kappa shape index (κ2) is 74.9. The number of amides is 1. The molecule has 7 atom stereocenters. The predicted molar refractivity (Wildman–Crippen MR) is 406 cm³/mol.